The first kappa shape index (κ1) is 26.4. The topological polar surface area (TPSA) is 95.9 Å². The molecule has 13 unspecified atom stereocenters. The fraction of sp³-hybridized carbons (Fsp3) is 0.964. The van der Waals surface area contributed by atoms with Gasteiger partial charge in [0, 0.05) is 84.0 Å². The van der Waals surface area contributed by atoms with E-state index in [1.807, 2.05) is 7.11 Å². The Kier molecular flexibility index (Phi) is 6.13. The molecule has 1 N–H and O–H groups in total. The number of nitrogens with zero attached hydrogens (tertiary/aromatic N) is 1. The van der Waals surface area contributed by atoms with Crippen LogP contribution in [-0.2, 0) is 33.2 Å². The number of hydrogen-bond acceptors (Lipinski definition) is 9. The molecule has 0 aromatic heterocycles. The number of likely N-dealkylation sites (tertiary alicyclic amines) is 1. The lowest BCUT2D eigenvalue weighted by molar-refractivity contribution is -0.326. The van der Waals surface area contributed by atoms with Crippen LogP contribution < -0.4 is 0 Å². The number of methoxy groups -OCH3 is 5. The molecule has 13 atom stereocenters. The van der Waals surface area contributed by atoms with Crippen LogP contribution >= 0.6 is 0 Å². The van der Waals surface area contributed by atoms with Gasteiger partial charge < -0.3 is 33.5 Å². The van der Waals surface area contributed by atoms with E-state index in [2.05, 4.69) is 11.8 Å². The Bertz CT molecular complexity index is 934. The molecule has 6 rings (SSSR count). The van der Waals surface area contributed by atoms with Gasteiger partial charge in [0.1, 0.15) is 17.3 Å². The molecule has 0 aromatic carbocycles. The number of hydrogen-bond donors (Lipinski definition) is 1. The van der Waals surface area contributed by atoms with E-state index in [9.17, 15) is 9.90 Å². The molecule has 6 aliphatic rings. The monoisotopic (exact) mass is 523 g/mol. The first-order valence-corrected chi connectivity index (χ1v) is 14.0. The molecule has 6 fully saturated rings. The summed E-state index contributed by atoms with van der Waals surface area (Å²) in [6.45, 7) is 5.89. The number of aliphatic hydroxyl groups is 1. The third-order valence-corrected chi connectivity index (χ3v) is 12.1. The number of ether oxygens (including phenoxy) is 6. The van der Waals surface area contributed by atoms with Crippen molar-refractivity contribution < 1.29 is 38.3 Å². The predicted octanol–water partition coefficient (Wildman–Crippen LogP) is 1.50. The second-order valence-electron chi connectivity index (χ2n) is 12.7. The molecule has 0 aromatic rings. The van der Waals surface area contributed by atoms with Crippen molar-refractivity contribution in [1.82, 2.24) is 4.90 Å². The zero-order valence-electron chi connectivity index (χ0n) is 23.4. The largest absolute Gasteiger partial charge is 0.462 e. The zero-order valence-corrected chi connectivity index (χ0v) is 23.4. The Morgan fingerprint density at radius 1 is 1.11 bits per heavy atom. The molecule has 1 spiro atoms. The first-order valence-electron chi connectivity index (χ1n) is 14.0. The maximum atomic E-state index is 13.5. The molecular weight excluding hydrogens is 478 g/mol. The summed E-state index contributed by atoms with van der Waals surface area (Å²) in [5.74, 6) is -0.332. The summed E-state index contributed by atoms with van der Waals surface area (Å²) in [4.78, 5) is 14.9. The summed E-state index contributed by atoms with van der Waals surface area (Å²) in [6.07, 6.45) is 2.07. The van der Waals surface area contributed by atoms with Gasteiger partial charge in [-0.2, -0.15) is 0 Å². The van der Waals surface area contributed by atoms with Crippen LogP contribution in [0.1, 0.15) is 39.5 Å². The summed E-state index contributed by atoms with van der Waals surface area (Å²) in [5, 5.41) is 13.5. The normalized spacial score (nSPS) is 55.4. The fourth-order valence-corrected chi connectivity index (χ4v) is 11.7. The van der Waals surface area contributed by atoms with Gasteiger partial charge in [0.2, 0.25) is 0 Å². The quantitative estimate of drug-likeness (QED) is 0.475. The summed E-state index contributed by atoms with van der Waals surface area (Å²) < 4.78 is 37.6. The summed E-state index contributed by atoms with van der Waals surface area (Å²) in [5.41, 5.74) is -2.96. The van der Waals surface area contributed by atoms with Gasteiger partial charge in [-0.3, -0.25) is 9.69 Å². The minimum Gasteiger partial charge on any atom is -0.462 e. The molecule has 1 heterocycles. The highest BCUT2D eigenvalue weighted by atomic mass is 16.6. The molecule has 37 heavy (non-hydrogen) atoms. The third-order valence-electron chi connectivity index (χ3n) is 12.1. The Hall–Kier alpha value is -0.810. The second-order valence-corrected chi connectivity index (χ2v) is 12.7. The van der Waals surface area contributed by atoms with E-state index in [1.165, 1.54) is 6.92 Å². The van der Waals surface area contributed by atoms with Crippen LogP contribution in [0.15, 0.2) is 0 Å². The SMILES string of the molecule is CCN1CC2(COC)CCC(OC)C34C5CC6C(OC)CC(OC)(C5C6OC(C)=O)C(O)(C(OC)C23)C14. The molecule has 9 heteroatoms. The molecule has 1 saturated heterocycles. The zero-order chi connectivity index (χ0) is 26.5. The van der Waals surface area contributed by atoms with Crippen LogP contribution in [0.4, 0.5) is 0 Å². The van der Waals surface area contributed by atoms with Crippen molar-refractivity contribution >= 4 is 5.97 Å². The maximum Gasteiger partial charge on any atom is 0.302 e. The number of fused-ring (bicyclic) bond motifs is 2. The van der Waals surface area contributed by atoms with Crippen molar-refractivity contribution in [2.75, 3.05) is 55.2 Å². The lowest BCUT2D eigenvalue weighted by Crippen LogP contribution is -2.82. The fourth-order valence-electron chi connectivity index (χ4n) is 11.7. The van der Waals surface area contributed by atoms with Crippen LogP contribution in [0, 0.1) is 34.5 Å². The number of likely N-dealkylation sites (N-methyl/N-ethyl adjacent to an activating group) is 1. The summed E-state index contributed by atoms with van der Waals surface area (Å²) in [6, 6.07) is -0.219. The minimum absolute atomic E-state index is 0.0156. The Morgan fingerprint density at radius 3 is 2.43 bits per heavy atom. The molecule has 5 aliphatic carbocycles. The summed E-state index contributed by atoms with van der Waals surface area (Å²) >= 11 is 0. The van der Waals surface area contributed by atoms with Crippen LogP contribution in [0.25, 0.3) is 0 Å². The van der Waals surface area contributed by atoms with Gasteiger partial charge in [0.25, 0.3) is 0 Å². The van der Waals surface area contributed by atoms with Crippen molar-refractivity contribution in [2.45, 2.75) is 81.2 Å². The molecule has 210 valence electrons. The van der Waals surface area contributed by atoms with Gasteiger partial charge >= 0.3 is 5.97 Å². The number of rotatable bonds is 8. The molecule has 0 amide bonds. The van der Waals surface area contributed by atoms with Gasteiger partial charge in [-0.05, 0) is 31.7 Å². The van der Waals surface area contributed by atoms with E-state index in [0.29, 0.717) is 13.0 Å². The predicted molar refractivity (Wildman–Crippen MR) is 133 cm³/mol. The third kappa shape index (κ3) is 2.73. The highest BCUT2D eigenvalue weighted by molar-refractivity contribution is 5.66. The number of piperidine rings is 1. The van der Waals surface area contributed by atoms with Gasteiger partial charge in [0.15, 0.2) is 0 Å². The van der Waals surface area contributed by atoms with E-state index in [4.69, 9.17) is 28.4 Å². The maximum absolute atomic E-state index is 13.5. The van der Waals surface area contributed by atoms with Gasteiger partial charge in [-0.25, -0.2) is 0 Å². The Morgan fingerprint density at radius 2 is 1.86 bits per heavy atom. The van der Waals surface area contributed by atoms with E-state index in [1.54, 1.807) is 28.4 Å². The molecule has 5 saturated carbocycles. The van der Waals surface area contributed by atoms with Gasteiger partial charge in [-0.1, -0.05) is 6.92 Å². The van der Waals surface area contributed by atoms with Gasteiger partial charge in [0.05, 0.1) is 31.0 Å². The van der Waals surface area contributed by atoms with Crippen molar-refractivity contribution in [3.8, 4) is 0 Å². The molecule has 9 nitrogen and oxygen atoms in total. The van der Waals surface area contributed by atoms with Crippen molar-refractivity contribution in [3.05, 3.63) is 0 Å². The van der Waals surface area contributed by atoms with Gasteiger partial charge in [-0.15, -0.1) is 0 Å². The molecule has 7 bridgehead atoms. The van der Waals surface area contributed by atoms with Crippen molar-refractivity contribution in [3.63, 3.8) is 0 Å². The molecule has 1 aliphatic heterocycles. The standard InChI is InChI=1S/C28H45NO8/c1-8-29-13-25(14-32-3)10-9-19(34-5)27-17-11-16-18(33-4)12-26(36-7,20(17)21(16)37-15(2)30)28(31,24(27)29)23(35-6)22(25)27/h16-24,31H,8-14H2,1-7H3. The first-order chi connectivity index (χ1) is 17.7. The second kappa shape index (κ2) is 8.59. The van der Waals surface area contributed by atoms with Crippen LogP contribution in [0.5, 0.6) is 0 Å². The lowest BCUT2D eigenvalue weighted by atomic mass is 9.42. The van der Waals surface area contributed by atoms with Crippen LogP contribution in [0.2, 0.25) is 0 Å². The van der Waals surface area contributed by atoms with E-state index in [0.717, 1.165) is 32.4 Å². The molecular formula is C28H45NO8. The number of carbonyl (C=O) groups is 1. The number of carbonyl (C=O) groups excluding carboxylic acids is 1. The average Bonchev–Trinajstić information content (AvgIpc) is 3.24. The smallest absolute Gasteiger partial charge is 0.302 e. The highest BCUT2D eigenvalue weighted by Crippen LogP contribution is 2.81. The van der Waals surface area contributed by atoms with Crippen molar-refractivity contribution in [2.24, 2.45) is 34.5 Å². The lowest BCUT2D eigenvalue weighted by Gasteiger charge is -2.70. The Labute approximate surface area is 220 Å². The van der Waals surface area contributed by atoms with Crippen molar-refractivity contribution in [1.29, 1.82) is 0 Å². The van der Waals surface area contributed by atoms with E-state index < -0.39 is 28.8 Å². The minimum atomic E-state index is -1.36. The number of esters is 1. The highest BCUT2D eigenvalue weighted by Gasteiger charge is 2.92. The van der Waals surface area contributed by atoms with Crippen LogP contribution in [-0.4, -0.2) is 113 Å². The Balaban J connectivity index is 1.68. The van der Waals surface area contributed by atoms with E-state index >= 15 is 0 Å². The molecule has 0 radical (unpaired) electrons. The average molecular weight is 524 g/mol. The summed E-state index contributed by atoms with van der Waals surface area (Å²) in [7, 11) is 8.75. The van der Waals surface area contributed by atoms with E-state index in [-0.39, 0.29) is 53.3 Å². The van der Waals surface area contributed by atoms with Crippen LogP contribution in [0.3, 0.4) is 0 Å².